The molecule has 24 heavy (non-hydrogen) atoms. The quantitative estimate of drug-likeness (QED) is 0.637. The Hall–Kier alpha value is -3.15. The number of methoxy groups -OCH3 is 1. The van der Waals surface area contributed by atoms with Crippen LogP contribution >= 0.6 is 0 Å². The summed E-state index contributed by atoms with van der Waals surface area (Å²) < 4.78 is 10.5. The minimum Gasteiger partial charge on any atom is -0.507 e. The maximum atomic E-state index is 12.1. The van der Waals surface area contributed by atoms with Gasteiger partial charge in [-0.15, -0.1) is 0 Å². The lowest BCUT2D eigenvalue weighted by Gasteiger charge is -2.07. The number of hydrogen-bond acceptors (Lipinski definition) is 6. The Labute approximate surface area is 137 Å². The van der Waals surface area contributed by atoms with E-state index in [1.54, 1.807) is 18.2 Å². The van der Waals surface area contributed by atoms with E-state index in [1.165, 1.54) is 25.3 Å². The van der Waals surface area contributed by atoms with Gasteiger partial charge in [0.1, 0.15) is 16.9 Å². The van der Waals surface area contributed by atoms with Gasteiger partial charge >= 0.3 is 0 Å². The zero-order valence-corrected chi connectivity index (χ0v) is 12.9. The molecule has 0 aliphatic carbocycles. The molecule has 6 heteroatoms. The van der Waals surface area contributed by atoms with Crippen molar-refractivity contribution in [2.24, 2.45) is 0 Å². The Balaban J connectivity index is 1.90. The summed E-state index contributed by atoms with van der Waals surface area (Å²) in [6, 6.07) is 8.86. The van der Waals surface area contributed by atoms with Crippen LogP contribution in [0.1, 0.15) is 11.3 Å². The van der Waals surface area contributed by atoms with Crippen molar-refractivity contribution in [3.05, 3.63) is 57.9 Å². The molecule has 3 N–H and O–H groups in total. The lowest BCUT2D eigenvalue weighted by Crippen LogP contribution is -2.03. The van der Waals surface area contributed by atoms with Crippen LogP contribution in [0.3, 0.4) is 0 Å². The minimum absolute atomic E-state index is 0.0323. The smallest absolute Gasteiger partial charge is 0.196 e. The number of aryl methyl sites for hydroxylation is 2. The summed E-state index contributed by atoms with van der Waals surface area (Å²) in [5.41, 5.74) is 0.392. The number of benzene rings is 2. The molecule has 3 aromatic rings. The van der Waals surface area contributed by atoms with Crippen molar-refractivity contribution >= 4 is 11.0 Å². The summed E-state index contributed by atoms with van der Waals surface area (Å²) in [6.45, 7) is 0. The SMILES string of the molecule is COc1ccc(CCc2cc(=O)c3c(O)ccc(O)c3o2)cc1O. The molecule has 0 spiro atoms. The first-order valence-electron chi connectivity index (χ1n) is 7.33. The highest BCUT2D eigenvalue weighted by atomic mass is 16.5. The molecule has 0 aliphatic rings. The number of fused-ring (bicyclic) bond motifs is 1. The monoisotopic (exact) mass is 328 g/mol. The molecule has 3 rings (SSSR count). The summed E-state index contributed by atoms with van der Waals surface area (Å²) in [4.78, 5) is 12.1. The second-order valence-electron chi connectivity index (χ2n) is 5.39. The molecule has 0 fully saturated rings. The molecule has 124 valence electrons. The highest BCUT2D eigenvalue weighted by molar-refractivity contribution is 5.87. The lowest BCUT2D eigenvalue weighted by atomic mass is 10.1. The van der Waals surface area contributed by atoms with Gasteiger partial charge in [-0.05, 0) is 36.2 Å². The van der Waals surface area contributed by atoms with Crippen LogP contribution in [0, 0.1) is 0 Å². The van der Waals surface area contributed by atoms with E-state index in [0.717, 1.165) is 5.56 Å². The van der Waals surface area contributed by atoms with Crippen molar-refractivity contribution in [1.82, 2.24) is 0 Å². The third-order valence-corrected chi connectivity index (χ3v) is 3.79. The standard InChI is InChI=1S/C18H16O6/c1-23-16-7-3-10(8-14(16)21)2-4-11-9-15(22)17-12(19)5-6-13(20)18(17)24-11/h3,5-9,19-21H,2,4H2,1H3. The summed E-state index contributed by atoms with van der Waals surface area (Å²) in [5, 5.41) is 29.3. The first-order chi connectivity index (χ1) is 11.5. The summed E-state index contributed by atoms with van der Waals surface area (Å²) in [6.07, 6.45) is 0.914. The third-order valence-electron chi connectivity index (χ3n) is 3.79. The highest BCUT2D eigenvalue weighted by Crippen LogP contribution is 2.30. The van der Waals surface area contributed by atoms with E-state index in [0.29, 0.717) is 24.4 Å². The highest BCUT2D eigenvalue weighted by Gasteiger charge is 2.13. The summed E-state index contributed by atoms with van der Waals surface area (Å²) in [7, 11) is 1.47. The van der Waals surface area contributed by atoms with E-state index in [9.17, 15) is 20.1 Å². The van der Waals surface area contributed by atoms with Gasteiger partial charge in [-0.3, -0.25) is 4.79 Å². The van der Waals surface area contributed by atoms with E-state index in [2.05, 4.69) is 0 Å². The van der Waals surface area contributed by atoms with Gasteiger partial charge in [0.05, 0.1) is 7.11 Å². The van der Waals surface area contributed by atoms with Crippen molar-refractivity contribution in [3.8, 4) is 23.0 Å². The van der Waals surface area contributed by atoms with Crippen LogP contribution in [-0.4, -0.2) is 22.4 Å². The van der Waals surface area contributed by atoms with Gasteiger partial charge in [-0.2, -0.15) is 0 Å². The number of phenolic OH excluding ortho intramolecular Hbond substituents is 3. The van der Waals surface area contributed by atoms with Gasteiger partial charge in [-0.25, -0.2) is 0 Å². The second kappa shape index (κ2) is 6.16. The average molecular weight is 328 g/mol. The normalized spacial score (nSPS) is 10.9. The summed E-state index contributed by atoms with van der Waals surface area (Å²) in [5.74, 6) is 0.365. The zero-order chi connectivity index (χ0) is 17.3. The van der Waals surface area contributed by atoms with Gasteiger partial charge in [0.25, 0.3) is 0 Å². The van der Waals surface area contributed by atoms with Gasteiger partial charge in [0.15, 0.2) is 28.3 Å². The molecule has 0 unspecified atom stereocenters. The molecule has 1 heterocycles. The van der Waals surface area contributed by atoms with Gasteiger partial charge in [0, 0.05) is 12.5 Å². The fourth-order valence-corrected chi connectivity index (χ4v) is 2.56. The molecule has 0 saturated heterocycles. The molecule has 6 nitrogen and oxygen atoms in total. The van der Waals surface area contributed by atoms with Crippen LogP contribution in [0.2, 0.25) is 0 Å². The molecular formula is C18H16O6. The first-order valence-corrected chi connectivity index (χ1v) is 7.33. The van der Waals surface area contributed by atoms with Crippen molar-refractivity contribution in [2.75, 3.05) is 7.11 Å². The maximum absolute atomic E-state index is 12.1. The Morgan fingerprint density at radius 1 is 0.958 bits per heavy atom. The maximum Gasteiger partial charge on any atom is 0.196 e. The van der Waals surface area contributed by atoms with Crippen LogP contribution in [0.5, 0.6) is 23.0 Å². The molecule has 2 aromatic carbocycles. The number of phenols is 3. The first kappa shape index (κ1) is 15.7. The Morgan fingerprint density at radius 3 is 2.42 bits per heavy atom. The zero-order valence-electron chi connectivity index (χ0n) is 12.9. The predicted molar refractivity (Wildman–Crippen MR) is 87.9 cm³/mol. The van der Waals surface area contributed by atoms with Crippen LogP contribution < -0.4 is 10.2 Å². The molecule has 0 aliphatic heterocycles. The van der Waals surface area contributed by atoms with E-state index < -0.39 is 5.43 Å². The van der Waals surface area contributed by atoms with E-state index in [1.807, 2.05) is 0 Å². The van der Waals surface area contributed by atoms with E-state index in [-0.39, 0.29) is 28.2 Å². The molecule has 0 bridgehead atoms. The molecule has 0 radical (unpaired) electrons. The van der Waals surface area contributed by atoms with Gasteiger partial charge in [0.2, 0.25) is 0 Å². The van der Waals surface area contributed by atoms with Gasteiger partial charge in [-0.1, -0.05) is 6.07 Å². The predicted octanol–water partition coefficient (Wildman–Crippen LogP) is 2.70. The molecular weight excluding hydrogens is 312 g/mol. The van der Waals surface area contributed by atoms with E-state index >= 15 is 0 Å². The van der Waals surface area contributed by atoms with Crippen LogP contribution in [-0.2, 0) is 12.8 Å². The Bertz CT molecular complexity index is 958. The number of aromatic hydroxyl groups is 3. The fourth-order valence-electron chi connectivity index (χ4n) is 2.56. The van der Waals surface area contributed by atoms with Crippen molar-refractivity contribution in [2.45, 2.75) is 12.8 Å². The van der Waals surface area contributed by atoms with Crippen LogP contribution in [0.25, 0.3) is 11.0 Å². The Kier molecular flexibility index (Phi) is 4.04. The van der Waals surface area contributed by atoms with Gasteiger partial charge < -0.3 is 24.5 Å². The molecule has 0 atom stereocenters. The lowest BCUT2D eigenvalue weighted by molar-refractivity contribution is 0.373. The van der Waals surface area contributed by atoms with Crippen molar-refractivity contribution in [3.63, 3.8) is 0 Å². The number of rotatable bonds is 4. The second-order valence-corrected chi connectivity index (χ2v) is 5.39. The largest absolute Gasteiger partial charge is 0.507 e. The topological polar surface area (TPSA) is 100 Å². The molecule has 1 aromatic heterocycles. The van der Waals surface area contributed by atoms with Crippen LogP contribution in [0.4, 0.5) is 0 Å². The number of ether oxygens (including phenoxy) is 1. The van der Waals surface area contributed by atoms with Crippen molar-refractivity contribution < 1.29 is 24.5 Å². The van der Waals surface area contributed by atoms with Crippen LogP contribution in [0.15, 0.2) is 45.6 Å². The summed E-state index contributed by atoms with van der Waals surface area (Å²) >= 11 is 0. The average Bonchev–Trinajstić information content (AvgIpc) is 2.56. The minimum atomic E-state index is -0.419. The van der Waals surface area contributed by atoms with E-state index in [4.69, 9.17) is 9.15 Å². The molecule has 0 saturated carbocycles. The molecule has 0 amide bonds. The fraction of sp³-hybridized carbons (Fsp3) is 0.167. The van der Waals surface area contributed by atoms with Crippen molar-refractivity contribution in [1.29, 1.82) is 0 Å². The third kappa shape index (κ3) is 2.86. The Morgan fingerprint density at radius 2 is 1.71 bits per heavy atom. The number of hydrogen-bond donors (Lipinski definition) is 3.